The van der Waals surface area contributed by atoms with Gasteiger partial charge in [0.15, 0.2) is 15.6 Å². The van der Waals surface area contributed by atoms with E-state index in [-0.39, 0.29) is 18.1 Å². The van der Waals surface area contributed by atoms with Crippen LogP contribution < -0.4 is 0 Å². The van der Waals surface area contributed by atoms with E-state index in [0.29, 0.717) is 17.9 Å². The van der Waals surface area contributed by atoms with E-state index in [4.69, 9.17) is 0 Å². The standard InChI is InChI=1S/C15H21NO3S2/c1-3-21(18,19)15-11-20-9-8-16(15)10-14(17)13-7-5-4-6-12(13)2/h4-7,15H,3,8-11H2,1-2H3. The minimum Gasteiger partial charge on any atom is -0.293 e. The summed E-state index contributed by atoms with van der Waals surface area (Å²) in [6.45, 7) is 4.39. The van der Waals surface area contributed by atoms with Gasteiger partial charge < -0.3 is 0 Å². The molecule has 1 fully saturated rings. The molecule has 0 saturated carbocycles. The fourth-order valence-electron chi connectivity index (χ4n) is 2.47. The maximum atomic E-state index is 12.5. The van der Waals surface area contributed by atoms with Crippen LogP contribution in [-0.2, 0) is 9.84 Å². The molecule has 1 heterocycles. The number of aryl methyl sites for hydroxylation is 1. The quantitative estimate of drug-likeness (QED) is 0.774. The second kappa shape index (κ2) is 6.94. The lowest BCUT2D eigenvalue weighted by atomic mass is 10.0. The summed E-state index contributed by atoms with van der Waals surface area (Å²) in [7, 11) is -3.16. The van der Waals surface area contributed by atoms with Crippen LogP contribution in [0.25, 0.3) is 0 Å². The Kier molecular flexibility index (Phi) is 5.46. The Hall–Kier alpha value is -0.850. The molecule has 116 valence electrons. The van der Waals surface area contributed by atoms with E-state index in [1.54, 1.807) is 24.8 Å². The highest BCUT2D eigenvalue weighted by Gasteiger charge is 2.33. The summed E-state index contributed by atoms with van der Waals surface area (Å²) >= 11 is 1.64. The van der Waals surface area contributed by atoms with Gasteiger partial charge in [-0.25, -0.2) is 8.42 Å². The second-order valence-electron chi connectivity index (χ2n) is 5.19. The third-order valence-electron chi connectivity index (χ3n) is 3.80. The summed E-state index contributed by atoms with van der Waals surface area (Å²) in [5, 5.41) is -0.533. The largest absolute Gasteiger partial charge is 0.293 e. The van der Waals surface area contributed by atoms with Crippen LogP contribution in [0.3, 0.4) is 0 Å². The highest BCUT2D eigenvalue weighted by molar-refractivity contribution is 8.01. The molecule has 0 aliphatic carbocycles. The first kappa shape index (κ1) is 16.5. The minimum atomic E-state index is -3.16. The number of sulfone groups is 1. The van der Waals surface area contributed by atoms with Gasteiger partial charge in [0.2, 0.25) is 0 Å². The molecule has 1 aromatic rings. The normalized spacial score (nSPS) is 20.4. The molecule has 0 amide bonds. The molecule has 1 aliphatic rings. The highest BCUT2D eigenvalue weighted by Crippen LogP contribution is 2.22. The van der Waals surface area contributed by atoms with Gasteiger partial charge in [-0.1, -0.05) is 31.2 Å². The smallest absolute Gasteiger partial charge is 0.177 e. The van der Waals surface area contributed by atoms with Gasteiger partial charge >= 0.3 is 0 Å². The molecule has 0 aromatic heterocycles. The summed E-state index contributed by atoms with van der Waals surface area (Å²) in [6, 6.07) is 7.44. The lowest BCUT2D eigenvalue weighted by Gasteiger charge is -2.34. The Morgan fingerprint density at radius 2 is 2.10 bits per heavy atom. The summed E-state index contributed by atoms with van der Waals surface area (Å²) < 4.78 is 24.4. The fourth-order valence-corrected chi connectivity index (χ4v) is 5.55. The van der Waals surface area contributed by atoms with Gasteiger partial charge in [-0.3, -0.25) is 9.69 Å². The molecule has 1 aliphatic heterocycles. The first-order valence-corrected chi connectivity index (χ1v) is 9.95. The van der Waals surface area contributed by atoms with Crippen LogP contribution in [0.2, 0.25) is 0 Å². The first-order valence-electron chi connectivity index (χ1n) is 7.08. The van der Waals surface area contributed by atoms with Gasteiger partial charge in [0.1, 0.15) is 5.37 Å². The molecule has 0 N–H and O–H groups in total. The van der Waals surface area contributed by atoms with E-state index >= 15 is 0 Å². The predicted molar refractivity (Wildman–Crippen MR) is 87.7 cm³/mol. The SMILES string of the molecule is CCS(=O)(=O)C1CSCCN1CC(=O)c1ccccc1C. The topological polar surface area (TPSA) is 54.5 Å². The summed E-state index contributed by atoms with van der Waals surface area (Å²) in [5.74, 6) is 1.54. The number of benzene rings is 1. The molecule has 6 heteroatoms. The van der Waals surface area contributed by atoms with E-state index in [1.165, 1.54) is 0 Å². The van der Waals surface area contributed by atoms with E-state index in [0.717, 1.165) is 11.3 Å². The van der Waals surface area contributed by atoms with E-state index < -0.39 is 15.2 Å². The van der Waals surface area contributed by atoms with Crippen LogP contribution in [-0.4, -0.2) is 54.8 Å². The van der Waals surface area contributed by atoms with Gasteiger partial charge in [0.25, 0.3) is 0 Å². The molecule has 0 bridgehead atoms. The number of rotatable bonds is 5. The molecule has 1 unspecified atom stereocenters. The zero-order chi connectivity index (χ0) is 15.5. The van der Waals surface area contributed by atoms with Crippen molar-refractivity contribution in [2.75, 3.05) is 30.3 Å². The molecule has 0 radical (unpaired) electrons. The van der Waals surface area contributed by atoms with Crippen LogP contribution in [0.5, 0.6) is 0 Å². The summed E-state index contributed by atoms with van der Waals surface area (Å²) in [4.78, 5) is 14.3. The Balaban J connectivity index is 2.17. The van der Waals surface area contributed by atoms with Crippen LogP contribution >= 0.6 is 11.8 Å². The van der Waals surface area contributed by atoms with Crippen molar-refractivity contribution in [3.8, 4) is 0 Å². The molecule has 4 nitrogen and oxygen atoms in total. The van der Waals surface area contributed by atoms with Crippen molar-refractivity contribution in [3.63, 3.8) is 0 Å². The molecular formula is C15H21NO3S2. The Morgan fingerprint density at radius 1 is 1.38 bits per heavy atom. The number of thioether (sulfide) groups is 1. The lowest BCUT2D eigenvalue weighted by Crippen LogP contribution is -2.49. The maximum Gasteiger partial charge on any atom is 0.177 e. The fraction of sp³-hybridized carbons (Fsp3) is 0.533. The number of ketones is 1. The van der Waals surface area contributed by atoms with Crippen molar-refractivity contribution in [1.82, 2.24) is 4.90 Å². The summed E-state index contributed by atoms with van der Waals surface area (Å²) in [5.41, 5.74) is 1.62. The molecule has 1 aromatic carbocycles. The van der Waals surface area contributed by atoms with Crippen molar-refractivity contribution in [1.29, 1.82) is 0 Å². The second-order valence-corrected chi connectivity index (χ2v) is 8.79. The molecular weight excluding hydrogens is 306 g/mol. The zero-order valence-electron chi connectivity index (χ0n) is 12.4. The number of carbonyl (C=O) groups is 1. The first-order chi connectivity index (χ1) is 9.95. The predicted octanol–water partition coefficient (Wildman–Crippen LogP) is 1.99. The van der Waals surface area contributed by atoms with E-state index in [9.17, 15) is 13.2 Å². The third kappa shape index (κ3) is 3.87. The van der Waals surface area contributed by atoms with Gasteiger partial charge in [-0.2, -0.15) is 11.8 Å². The van der Waals surface area contributed by atoms with Crippen molar-refractivity contribution in [2.45, 2.75) is 19.2 Å². The molecule has 2 rings (SSSR count). The number of nitrogens with zero attached hydrogens (tertiary/aromatic N) is 1. The van der Waals surface area contributed by atoms with Crippen LogP contribution in [0.4, 0.5) is 0 Å². The number of Topliss-reactive ketones (excluding diaryl/α,β-unsaturated/α-hetero) is 1. The van der Waals surface area contributed by atoms with E-state index in [1.807, 2.05) is 30.0 Å². The monoisotopic (exact) mass is 327 g/mol. The van der Waals surface area contributed by atoms with E-state index in [2.05, 4.69) is 0 Å². The third-order valence-corrected chi connectivity index (χ3v) is 7.13. The Morgan fingerprint density at radius 3 is 2.76 bits per heavy atom. The van der Waals surface area contributed by atoms with Crippen molar-refractivity contribution < 1.29 is 13.2 Å². The van der Waals surface area contributed by atoms with Crippen molar-refractivity contribution in [2.24, 2.45) is 0 Å². The zero-order valence-corrected chi connectivity index (χ0v) is 14.0. The Labute approximate surface area is 130 Å². The van der Waals surface area contributed by atoms with Crippen LogP contribution in [0, 0.1) is 6.92 Å². The van der Waals surface area contributed by atoms with Crippen LogP contribution in [0.15, 0.2) is 24.3 Å². The lowest BCUT2D eigenvalue weighted by molar-refractivity contribution is 0.0927. The van der Waals surface area contributed by atoms with Crippen LogP contribution in [0.1, 0.15) is 22.8 Å². The number of carbonyl (C=O) groups excluding carboxylic acids is 1. The van der Waals surface area contributed by atoms with Gasteiger partial charge in [0, 0.05) is 29.4 Å². The summed E-state index contributed by atoms with van der Waals surface area (Å²) in [6.07, 6.45) is 0. The van der Waals surface area contributed by atoms with Gasteiger partial charge in [-0.05, 0) is 12.5 Å². The Bertz CT molecular complexity index is 613. The minimum absolute atomic E-state index is 0.00342. The number of hydrogen-bond acceptors (Lipinski definition) is 5. The highest BCUT2D eigenvalue weighted by atomic mass is 32.2. The molecule has 21 heavy (non-hydrogen) atoms. The average molecular weight is 327 g/mol. The molecule has 1 saturated heterocycles. The number of hydrogen-bond donors (Lipinski definition) is 0. The maximum absolute atomic E-state index is 12.5. The van der Waals surface area contributed by atoms with Crippen molar-refractivity contribution >= 4 is 27.4 Å². The van der Waals surface area contributed by atoms with Crippen molar-refractivity contribution in [3.05, 3.63) is 35.4 Å². The molecule has 0 spiro atoms. The average Bonchev–Trinajstić information content (AvgIpc) is 2.48. The molecule has 1 atom stereocenters. The van der Waals surface area contributed by atoms with Gasteiger partial charge in [-0.15, -0.1) is 0 Å². The van der Waals surface area contributed by atoms with Gasteiger partial charge in [0.05, 0.1) is 6.54 Å².